The van der Waals surface area contributed by atoms with E-state index in [0.29, 0.717) is 38.9 Å². The van der Waals surface area contributed by atoms with E-state index in [2.05, 4.69) is 24.4 Å². The van der Waals surface area contributed by atoms with Crippen molar-refractivity contribution >= 4 is 15.9 Å². The van der Waals surface area contributed by atoms with Gasteiger partial charge in [-0.3, -0.25) is 4.79 Å². The molecule has 2 aromatic rings. The van der Waals surface area contributed by atoms with E-state index in [9.17, 15) is 13.2 Å². The molecule has 0 saturated carbocycles. The molecule has 1 fully saturated rings. The van der Waals surface area contributed by atoms with E-state index >= 15 is 0 Å². The van der Waals surface area contributed by atoms with Crippen molar-refractivity contribution in [3.05, 3.63) is 71.8 Å². The summed E-state index contributed by atoms with van der Waals surface area (Å²) in [5, 5.41) is 3.05. The fourth-order valence-corrected chi connectivity index (χ4v) is 5.46. The highest BCUT2D eigenvalue weighted by molar-refractivity contribution is 7.89. The van der Waals surface area contributed by atoms with Gasteiger partial charge in [-0.2, -0.15) is 0 Å². The molecular formula is C24H32N2O3S. The summed E-state index contributed by atoms with van der Waals surface area (Å²) in [7, 11) is -3.26. The van der Waals surface area contributed by atoms with Crippen LogP contribution in [-0.4, -0.2) is 44.0 Å². The molecule has 30 heavy (non-hydrogen) atoms. The van der Waals surface area contributed by atoms with Crippen molar-refractivity contribution in [2.75, 3.05) is 25.4 Å². The Morgan fingerprint density at radius 2 is 1.63 bits per heavy atom. The monoisotopic (exact) mass is 428 g/mol. The van der Waals surface area contributed by atoms with Crippen molar-refractivity contribution in [2.45, 2.75) is 38.5 Å². The fourth-order valence-electron chi connectivity index (χ4n) is 3.93. The Morgan fingerprint density at radius 1 is 1.03 bits per heavy atom. The van der Waals surface area contributed by atoms with Gasteiger partial charge in [-0.15, -0.1) is 0 Å². The Balaban J connectivity index is 1.40. The van der Waals surface area contributed by atoms with Crippen LogP contribution in [0.15, 0.2) is 60.7 Å². The first-order valence-corrected chi connectivity index (χ1v) is 12.4. The van der Waals surface area contributed by atoms with Crippen LogP contribution in [0, 0.1) is 5.92 Å². The molecule has 1 aliphatic heterocycles. The van der Waals surface area contributed by atoms with Crippen molar-refractivity contribution < 1.29 is 13.2 Å². The van der Waals surface area contributed by atoms with Crippen LogP contribution in [0.5, 0.6) is 0 Å². The number of aryl methyl sites for hydroxylation is 1. The quantitative estimate of drug-likeness (QED) is 0.664. The molecule has 5 nitrogen and oxygen atoms in total. The van der Waals surface area contributed by atoms with Gasteiger partial charge in [-0.05, 0) is 42.7 Å². The van der Waals surface area contributed by atoms with Crippen LogP contribution in [0.25, 0.3) is 0 Å². The third kappa shape index (κ3) is 6.41. The maximum absolute atomic E-state index is 12.6. The highest BCUT2D eigenvalue weighted by Crippen LogP contribution is 2.21. The summed E-state index contributed by atoms with van der Waals surface area (Å²) in [6.45, 7) is 3.56. The van der Waals surface area contributed by atoms with Gasteiger partial charge in [0.25, 0.3) is 0 Å². The Labute approximate surface area is 180 Å². The van der Waals surface area contributed by atoms with Gasteiger partial charge in [0.2, 0.25) is 15.9 Å². The van der Waals surface area contributed by atoms with E-state index in [0.717, 1.165) is 12.0 Å². The van der Waals surface area contributed by atoms with Crippen molar-refractivity contribution in [1.29, 1.82) is 0 Å². The lowest BCUT2D eigenvalue weighted by Gasteiger charge is -2.30. The molecule has 0 unspecified atom stereocenters. The molecule has 1 heterocycles. The summed E-state index contributed by atoms with van der Waals surface area (Å²) >= 11 is 0. The van der Waals surface area contributed by atoms with E-state index < -0.39 is 10.0 Å². The molecule has 0 aromatic heterocycles. The lowest BCUT2D eigenvalue weighted by atomic mass is 9.96. The van der Waals surface area contributed by atoms with Gasteiger partial charge in [-0.25, -0.2) is 12.7 Å². The summed E-state index contributed by atoms with van der Waals surface area (Å²) < 4.78 is 26.9. The number of hydrogen-bond acceptors (Lipinski definition) is 3. The van der Waals surface area contributed by atoms with Crippen molar-refractivity contribution in [3.8, 4) is 0 Å². The molecule has 162 valence electrons. The van der Waals surface area contributed by atoms with Gasteiger partial charge in [0.05, 0.1) is 5.75 Å². The zero-order chi connectivity index (χ0) is 21.4. The maximum atomic E-state index is 12.6. The summed E-state index contributed by atoms with van der Waals surface area (Å²) in [6.07, 6.45) is 2.55. The molecular weight excluding hydrogens is 396 g/mol. The molecule has 6 heteroatoms. The minimum absolute atomic E-state index is 0.0407. The summed E-state index contributed by atoms with van der Waals surface area (Å²) in [6, 6.07) is 20.1. The molecule has 0 radical (unpaired) electrons. The predicted molar refractivity (Wildman–Crippen MR) is 121 cm³/mol. The number of carbonyl (C=O) groups is 1. The van der Waals surface area contributed by atoms with Crippen LogP contribution >= 0.6 is 0 Å². The second-order valence-electron chi connectivity index (χ2n) is 8.14. The third-order valence-corrected chi connectivity index (χ3v) is 7.84. The lowest BCUT2D eigenvalue weighted by Crippen LogP contribution is -2.44. The van der Waals surface area contributed by atoms with E-state index in [1.165, 1.54) is 5.56 Å². The predicted octanol–water partition coefficient (Wildman–Crippen LogP) is 3.58. The first-order valence-electron chi connectivity index (χ1n) is 10.8. The van der Waals surface area contributed by atoms with Crippen LogP contribution < -0.4 is 5.32 Å². The highest BCUT2D eigenvalue weighted by Gasteiger charge is 2.30. The number of hydrogen-bond donors (Lipinski definition) is 1. The van der Waals surface area contributed by atoms with Gasteiger partial charge in [0.1, 0.15) is 0 Å². The van der Waals surface area contributed by atoms with Crippen LogP contribution in [0.3, 0.4) is 0 Å². The highest BCUT2D eigenvalue weighted by atomic mass is 32.2. The Hall–Kier alpha value is -2.18. The molecule has 1 N–H and O–H groups in total. The van der Waals surface area contributed by atoms with Crippen molar-refractivity contribution in [3.63, 3.8) is 0 Å². The second kappa shape index (κ2) is 10.7. The zero-order valence-corrected chi connectivity index (χ0v) is 18.5. The average molecular weight is 429 g/mol. The maximum Gasteiger partial charge on any atom is 0.223 e. The largest absolute Gasteiger partial charge is 0.355 e. The molecule has 1 saturated heterocycles. The van der Waals surface area contributed by atoms with Gasteiger partial charge in [0.15, 0.2) is 0 Å². The first kappa shape index (κ1) is 22.5. The number of sulfonamides is 1. The topological polar surface area (TPSA) is 66.5 Å². The zero-order valence-electron chi connectivity index (χ0n) is 17.7. The molecule has 3 rings (SSSR count). The van der Waals surface area contributed by atoms with Gasteiger partial charge in [0, 0.05) is 25.6 Å². The summed E-state index contributed by atoms with van der Waals surface area (Å²) in [5.41, 5.74) is 2.36. The molecule has 1 atom stereocenters. The van der Waals surface area contributed by atoms with Crippen LogP contribution in [-0.2, 0) is 21.2 Å². The van der Waals surface area contributed by atoms with Crippen LogP contribution in [0.1, 0.15) is 43.2 Å². The van der Waals surface area contributed by atoms with E-state index in [1.54, 1.807) is 4.31 Å². The SMILES string of the molecule is C[C@H](CNC(=O)C1CCN(S(=O)(=O)CCCc2ccccc2)CC1)c1ccccc1. The molecule has 1 amide bonds. The Kier molecular flexibility index (Phi) is 8.05. The van der Waals surface area contributed by atoms with Crippen molar-refractivity contribution in [2.24, 2.45) is 5.92 Å². The molecule has 0 aliphatic carbocycles. The summed E-state index contributed by atoms with van der Waals surface area (Å²) in [4.78, 5) is 12.5. The summed E-state index contributed by atoms with van der Waals surface area (Å²) in [5.74, 6) is 0.343. The second-order valence-corrected chi connectivity index (χ2v) is 10.2. The van der Waals surface area contributed by atoms with Gasteiger partial charge >= 0.3 is 0 Å². The Bertz CT molecular complexity index is 893. The van der Waals surface area contributed by atoms with E-state index in [4.69, 9.17) is 0 Å². The van der Waals surface area contributed by atoms with E-state index in [-0.39, 0.29) is 23.5 Å². The molecule has 0 spiro atoms. The molecule has 1 aliphatic rings. The smallest absolute Gasteiger partial charge is 0.223 e. The normalized spacial score (nSPS) is 16.8. The number of piperidine rings is 1. The number of nitrogens with zero attached hydrogens (tertiary/aromatic N) is 1. The number of rotatable bonds is 9. The van der Waals surface area contributed by atoms with Gasteiger partial charge < -0.3 is 5.32 Å². The number of benzene rings is 2. The van der Waals surface area contributed by atoms with Crippen LogP contribution in [0.2, 0.25) is 0 Å². The third-order valence-electron chi connectivity index (χ3n) is 5.88. The minimum Gasteiger partial charge on any atom is -0.355 e. The Morgan fingerprint density at radius 3 is 2.27 bits per heavy atom. The lowest BCUT2D eigenvalue weighted by molar-refractivity contribution is -0.126. The average Bonchev–Trinajstić information content (AvgIpc) is 2.78. The van der Waals surface area contributed by atoms with Crippen LogP contribution in [0.4, 0.5) is 0 Å². The van der Waals surface area contributed by atoms with Crippen molar-refractivity contribution in [1.82, 2.24) is 9.62 Å². The number of nitrogens with one attached hydrogen (secondary N) is 1. The minimum atomic E-state index is -3.26. The number of amides is 1. The standard InChI is InChI=1S/C24H32N2O3S/c1-20(22-12-6-3-7-13-22)19-25-24(27)23-14-16-26(17-15-23)30(28,29)18-8-11-21-9-4-2-5-10-21/h2-7,9-10,12-13,20,23H,8,11,14-19H2,1H3,(H,25,27)/t20-/m1/s1. The fraction of sp³-hybridized carbons (Fsp3) is 0.458. The van der Waals surface area contributed by atoms with Gasteiger partial charge in [-0.1, -0.05) is 67.6 Å². The molecule has 0 bridgehead atoms. The number of carbonyl (C=O) groups excluding carboxylic acids is 1. The van der Waals surface area contributed by atoms with E-state index in [1.807, 2.05) is 48.5 Å². The first-order chi connectivity index (χ1) is 14.5. The molecule has 2 aromatic carbocycles.